The monoisotopic (exact) mass is 220 g/mol. The summed E-state index contributed by atoms with van der Waals surface area (Å²) in [4.78, 5) is 10.9. The van der Waals surface area contributed by atoms with Crippen LogP contribution in [0.5, 0.6) is 0 Å². The zero-order valence-electron chi connectivity index (χ0n) is 10.1. The minimum atomic E-state index is 0.429. The Morgan fingerprint density at radius 1 is 1.44 bits per heavy atom. The molecule has 1 aromatic rings. The molecule has 0 saturated carbocycles. The molecule has 2 atom stereocenters. The van der Waals surface area contributed by atoms with Crippen LogP contribution < -0.4 is 10.6 Å². The molecule has 0 amide bonds. The fourth-order valence-corrected chi connectivity index (χ4v) is 2.51. The van der Waals surface area contributed by atoms with Crippen molar-refractivity contribution < 1.29 is 0 Å². The number of aryl methyl sites for hydroxylation is 1. The predicted molar refractivity (Wildman–Crippen MR) is 65.4 cm³/mol. The minimum absolute atomic E-state index is 0.429. The third-order valence-electron chi connectivity index (χ3n) is 3.35. The Labute approximate surface area is 96.9 Å². The molecule has 2 rings (SSSR count). The Hall–Kier alpha value is -1.16. The molecule has 4 nitrogen and oxygen atoms in total. The van der Waals surface area contributed by atoms with Crippen LogP contribution in [0.4, 0.5) is 5.82 Å². The molecule has 0 bridgehead atoms. The first kappa shape index (κ1) is 11.3. The number of anilines is 1. The van der Waals surface area contributed by atoms with Gasteiger partial charge in [0.1, 0.15) is 12.1 Å². The lowest BCUT2D eigenvalue weighted by Gasteiger charge is -2.41. The molecule has 1 fully saturated rings. The average Bonchev–Trinajstić information content (AvgIpc) is 2.28. The number of hydrogen-bond acceptors (Lipinski definition) is 4. The van der Waals surface area contributed by atoms with E-state index < -0.39 is 0 Å². The number of hydrogen-bond donors (Lipinski definition) is 1. The van der Waals surface area contributed by atoms with Crippen LogP contribution in [0.2, 0.25) is 0 Å². The Balaban J connectivity index is 2.28. The van der Waals surface area contributed by atoms with Gasteiger partial charge >= 0.3 is 0 Å². The molecule has 0 spiro atoms. The second kappa shape index (κ2) is 4.78. The van der Waals surface area contributed by atoms with Crippen LogP contribution in [0.1, 0.15) is 31.9 Å². The van der Waals surface area contributed by atoms with Crippen LogP contribution in [-0.2, 0) is 0 Å². The summed E-state index contributed by atoms with van der Waals surface area (Å²) >= 11 is 0. The lowest BCUT2D eigenvalue weighted by atomic mass is 9.96. The van der Waals surface area contributed by atoms with Gasteiger partial charge in [0.2, 0.25) is 0 Å². The quantitative estimate of drug-likeness (QED) is 0.820. The summed E-state index contributed by atoms with van der Waals surface area (Å²) in [5.41, 5.74) is 6.86. The Kier molecular flexibility index (Phi) is 3.39. The van der Waals surface area contributed by atoms with Crippen molar-refractivity contribution in [3.63, 3.8) is 0 Å². The maximum atomic E-state index is 5.85. The van der Waals surface area contributed by atoms with E-state index in [9.17, 15) is 0 Å². The molecule has 88 valence electrons. The van der Waals surface area contributed by atoms with Gasteiger partial charge in [-0.15, -0.1) is 0 Å². The third kappa shape index (κ3) is 2.16. The lowest BCUT2D eigenvalue weighted by molar-refractivity contribution is 0.397. The highest BCUT2D eigenvalue weighted by atomic mass is 15.3. The summed E-state index contributed by atoms with van der Waals surface area (Å²) in [7, 11) is 0. The van der Waals surface area contributed by atoms with Gasteiger partial charge in [-0.2, -0.15) is 0 Å². The fraction of sp³-hybridized carbons (Fsp3) is 0.667. The molecular weight excluding hydrogens is 200 g/mol. The molecule has 2 heterocycles. The maximum Gasteiger partial charge on any atom is 0.132 e. The molecule has 1 aromatic heterocycles. The van der Waals surface area contributed by atoms with Gasteiger partial charge in [-0.1, -0.05) is 0 Å². The van der Waals surface area contributed by atoms with Gasteiger partial charge in [0.25, 0.3) is 0 Å². The number of nitrogens with zero attached hydrogens (tertiary/aromatic N) is 3. The topological polar surface area (TPSA) is 55.0 Å². The van der Waals surface area contributed by atoms with Crippen molar-refractivity contribution >= 4 is 5.82 Å². The van der Waals surface area contributed by atoms with E-state index in [1.807, 2.05) is 13.0 Å². The van der Waals surface area contributed by atoms with Crippen LogP contribution in [0.3, 0.4) is 0 Å². The molecule has 1 saturated heterocycles. The van der Waals surface area contributed by atoms with E-state index in [2.05, 4.69) is 21.8 Å². The molecule has 0 aromatic carbocycles. The lowest BCUT2D eigenvalue weighted by Crippen LogP contribution is -2.49. The first-order valence-electron chi connectivity index (χ1n) is 5.99. The first-order chi connectivity index (χ1) is 7.72. The highest BCUT2D eigenvalue weighted by Crippen LogP contribution is 2.27. The molecular formula is C12H20N4. The summed E-state index contributed by atoms with van der Waals surface area (Å²) < 4.78 is 0. The second-order valence-corrected chi connectivity index (χ2v) is 4.59. The molecule has 1 aliphatic rings. The Bertz CT molecular complexity index is 353. The number of nitrogens with two attached hydrogens (primary N) is 1. The minimum Gasteiger partial charge on any atom is -0.350 e. The number of rotatable bonds is 2. The second-order valence-electron chi connectivity index (χ2n) is 4.59. The molecule has 4 heteroatoms. The average molecular weight is 220 g/mol. The fourth-order valence-electron chi connectivity index (χ4n) is 2.51. The predicted octanol–water partition coefficient (Wildman–Crippen LogP) is 1.49. The van der Waals surface area contributed by atoms with Crippen molar-refractivity contribution in [2.75, 3.05) is 11.4 Å². The Morgan fingerprint density at radius 2 is 2.25 bits per heavy atom. The van der Waals surface area contributed by atoms with Gasteiger partial charge in [-0.25, -0.2) is 9.97 Å². The first-order valence-corrected chi connectivity index (χ1v) is 5.99. The molecule has 16 heavy (non-hydrogen) atoms. The van der Waals surface area contributed by atoms with Crippen molar-refractivity contribution in [3.05, 3.63) is 18.1 Å². The third-order valence-corrected chi connectivity index (χ3v) is 3.35. The van der Waals surface area contributed by atoms with E-state index in [4.69, 9.17) is 5.73 Å². The van der Waals surface area contributed by atoms with Crippen molar-refractivity contribution in [1.82, 2.24) is 9.97 Å². The zero-order chi connectivity index (χ0) is 11.5. The van der Waals surface area contributed by atoms with Gasteiger partial charge in [0, 0.05) is 30.4 Å². The van der Waals surface area contributed by atoms with Gasteiger partial charge in [0.15, 0.2) is 0 Å². The summed E-state index contributed by atoms with van der Waals surface area (Å²) in [5.74, 6) is 1.02. The SMILES string of the molecule is Cc1cc(N2C(C)CCCC2CN)ncn1. The van der Waals surface area contributed by atoms with Crippen molar-refractivity contribution in [2.45, 2.75) is 45.2 Å². The molecule has 2 unspecified atom stereocenters. The van der Waals surface area contributed by atoms with E-state index in [1.165, 1.54) is 19.3 Å². The standard InChI is InChI=1S/C12H20N4/c1-9-6-12(15-8-14-9)16-10(2)4-3-5-11(16)7-13/h6,8,10-11H,3-5,7,13H2,1-2H3. The summed E-state index contributed by atoms with van der Waals surface area (Å²) in [5, 5.41) is 0. The highest BCUT2D eigenvalue weighted by Gasteiger charge is 2.27. The maximum absolute atomic E-state index is 5.85. The van der Waals surface area contributed by atoms with Gasteiger partial charge in [0.05, 0.1) is 0 Å². The molecule has 1 aliphatic heterocycles. The van der Waals surface area contributed by atoms with E-state index in [0.717, 1.165) is 11.5 Å². The molecule has 0 aliphatic carbocycles. The van der Waals surface area contributed by atoms with Crippen LogP contribution in [0.25, 0.3) is 0 Å². The molecule has 2 N–H and O–H groups in total. The zero-order valence-corrected chi connectivity index (χ0v) is 10.1. The van der Waals surface area contributed by atoms with Crippen molar-refractivity contribution in [3.8, 4) is 0 Å². The van der Waals surface area contributed by atoms with E-state index >= 15 is 0 Å². The van der Waals surface area contributed by atoms with E-state index in [-0.39, 0.29) is 0 Å². The molecule has 0 radical (unpaired) electrons. The Morgan fingerprint density at radius 3 is 2.94 bits per heavy atom. The van der Waals surface area contributed by atoms with Gasteiger partial charge in [-0.05, 0) is 33.1 Å². The largest absolute Gasteiger partial charge is 0.350 e. The van der Waals surface area contributed by atoms with Crippen molar-refractivity contribution in [1.29, 1.82) is 0 Å². The van der Waals surface area contributed by atoms with Crippen LogP contribution in [-0.4, -0.2) is 28.6 Å². The van der Waals surface area contributed by atoms with E-state index in [1.54, 1.807) is 6.33 Å². The summed E-state index contributed by atoms with van der Waals surface area (Å²) in [6.07, 6.45) is 5.30. The van der Waals surface area contributed by atoms with Crippen LogP contribution >= 0.6 is 0 Å². The van der Waals surface area contributed by atoms with E-state index in [0.29, 0.717) is 18.6 Å². The van der Waals surface area contributed by atoms with Crippen molar-refractivity contribution in [2.24, 2.45) is 5.73 Å². The number of piperidine rings is 1. The normalized spacial score (nSPS) is 25.8. The van der Waals surface area contributed by atoms with Crippen LogP contribution in [0.15, 0.2) is 12.4 Å². The number of aromatic nitrogens is 2. The smallest absolute Gasteiger partial charge is 0.132 e. The van der Waals surface area contributed by atoms with Crippen LogP contribution in [0, 0.1) is 6.92 Å². The summed E-state index contributed by atoms with van der Waals surface area (Å²) in [6.45, 7) is 4.95. The van der Waals surface area contributed by atoms with Gasteiger partial charge < -0.3 is 10.6 Å². The summed E-state index contributed by atoms with van der Waals surface area (Å²) in [6, 6.07) is 3.00. The van der Waals surface area contributed by atoms with Gasteiger partial charge in [-0.3, -0.25) is 0 Å². The highest BCUT2D eigenvalue weighted by molar-refractivity contribution is 5.42.